The predicted molar refractivity (Wildman–Crippen MR) is 59.4 cm³/mol. The first-order valence-electron chi connectivity index (χ1n) is 4.19. The molecule has 0 saturated heterocycles. The van der Waals surface area contributed by atoms with Crippen molar-refractivity contribution in [3.05, 3.63) is 17.5 Å². The third kappa shape index (κ3) is 3.57. The molecule has 14 heavy (non-hydrogen) atoms. The van der Waals surface area contributed by atoms with Gasteiger partial charge < -0.3 is 0 Å². The van der Waals surface area contributed by atoms with Crippen molar-refractivity contribution in [2.75, 3.05) is 6.54 Å². The molecule has 1 aromatic heterocycles. The van der Waals surface area contributed by atoms with Crippen LogP contribution in [0.5, 0.6) is 0 Å². The normalized spacial score (nSPS) is 14.1. The third-order valence-corrected chi connectivity index (χ3v) is 4.67. The van der Waals surface area contributed by atoms with Crippen molar-refractivity contribution in [2.24, 2.45) is 0 Å². The second-order valence-electron chi connectivity index (χ2n) is 2.90. The van der Waals surface area contributed by atoms with E-state index < -0.39 is 10.0 Å². The van der Waals surface area contributed by atoms with Crippen molar-refractivity contribution in [2.45, 2.75) is 22.9 Å². The summed E-state index contributed by atoms with van der Waals surface area (Å²) in [5.74, 6) is 0. The van der Waals surface area contributed by atoms with E-state index >= 15 is 0 Å². The Morgan fingerprint density at radius 1 is 1.64 bits per heavy atom. The summed E-state index contributed by atoms with van der Waals surface area (Å²) >= 11 is 6.90. The van der Waals surface area contributed by atoms with Crippen LogP contribution in [-0.4, -0.2) is 20.3 Å². The smallest absolute Gasteiger partial charge is 0.210 e. The summed E-state index contributed by atoms with van der Waals surface area (Å²) in [7, 11) is -3.30. The fraction of sp³-hybridized carbons (Fsp3) is 0.500. The molecule has 0 aliphatic rings. The molecule has 1 aromatic rings. The molecule has 6 heteroatoms. The maximum atomic E-state index is 11.5. The van der Waals surface area contributed by atoms with Crippen molar-refractivity contribution >= 4 is 33.0 Å². The molecule has 0 aromatic carbocycles. The fourth-order valence-corrected chi connectivity index (χ4v) is 3.07. The topological polar surface area (TPSA) is 46.2 Å². The molecule has 0 saturated carbocycles. The molecule has 1 heterocycles. The van der Waals surface area contributed by atoms with Gasteiger partial charge in [-0.2, -0.15) is 0 Å². The van der Waals surface area contributed by atoms with Crippen LogP contribution in [0.1, 0.15) is 13.3 Å². The largest absolute Gasteiger partial charge is 0.250 e. The summed E-state index contributed by atoms with van der Waals surface area (Å²) in [5, 5.41) is 1.72. The molecule has 80 valence electrons. The summed E-state index contributed by atoms with van der Waals surface area (Å²) in [6.07, 6.45) is 0.631. The average Bonchev–Trinajstić information content (AvgIpc) is 2.54. The zero-order valence-electron chi connectivity index (χ0n) is 7.73. The quantitative estimate of drug-likeness (QED) is 0.817. The SMILES string of the molecule is CC(Cl)CCNS(=O)(=O)c1cccs1. The Kier molecular flexibility index (Phi) is 4.37. The lowest BCUT2D eigenvalue weighted by Crippen LogP contribution is -2.25. The van der Waals surface area contributed by atoms with Crippen LogP contribution in [0, 0.1) is 0 Å². The van der Waals surface area contributed by atoms with Gasteiger partial charge in [0.15, 0.2) is 0 Å². The monoisotopic (exact) mass is 253 g/mol. The van der Waals surface area contributed by atoms with Gasteiger partial charge in [-0.3, -0.25) is 0 Å². The number of alkyl halides is 1. The number of halogens is 1. The van der Waals surface area contributed by atoms with Gasteiger partial charge in [-0.1, -0.05) is 6.07 Å². The van der Waals surface area contributed by atoms with E-state index in [1.54, 1.807) is 17.5 Å². The van der Waals surface area contributed by atoms with Gasteiger partial charge in [0.2, 0.25) is 10.0 Å². The highest BCUT2D eigenvalue weighted by molar-refractivity contribution is 7.91. The number of rotatable bonds is 5. The van der Waals surface area contributed by atoms with E-state index in [-0.39, 0.29) is 5.38 Å². The zero-order valence-corrected chi connectivity index (χ0v) is 10.1. The van der Waals surface area contributed by atoms with E-state index in [0.29, 0.717) is 17.2 Å². The van der Waals surface area contributed by atoms with Crippen LogP contribution < -0.4 is 4.72 Å². The maximum absolute atomic E-state index is 11.5. The lowest BCUT2D eigenvalue weighted by Gasteiger charge is -2.05. The molecule has 1 rings (SSSR count). The highest BCUT2D eigenvalue weighted by Gasteiger charge is 2.13. The van der Waals surface area contributed by atoms with Gasteiger partial charge in [0.05, 0.1) is 0 Å². The molecule has 0 spiro atoms. The van der Waals surface area contributed by atoms with Crippen LogP contribution >= 0.6 is 22.9 Å². The molecule has 0 fully saturated rings. The Balaban J connectivity index is 2.52. The Bertz CT molecular complexity index is 359. The van der Waals surface area contributed by atoms with Crippen molar-refractivity contribution in [3.63, 3.8) is 0 Å². The molecule has 1 unspecified atom stereocenters. The molecule has 0 radical (unpaired) electrons. The average molecular weight is 254 g/mol. The molecule has 1 N–H and O–H groups in total. The van der Waals surface area contributed by atoms with Crippen molar-refractivity contribution in [1.82, 2.24) is 4.72 Å². The van der Waals surface area contributed by atoms with E-state index in [0.717, 1.165) is 0 Å². The van der Waals surface area contributed by atoms with E-state index in [9.17, 15) is 8.42 Å². The number of thiophene rings is 1. The van der Waals surface area contributed by atoms with Crippen molar-refractivity contribution in [1.29, 1.82) is 0 Å². The van der Waals surface area contributed by atoms with Gasteiger partial charge >= 0.3 is 0 Å². The number of hydrogen-bond donors (Lipinski definition) is 1. The number of hydrogen-bond acceptors (Lipinski definition) is 3. The van der Waals surface area contributed by atoms with Gasteiger partial charge in [0.1, 0.15) is 4.21 Å². The highest BCUT2D eigenvalue weighted by atomic mass is 35.5. The Hall–Kier alpha value is -0.100. The molecule has 0 bridgehead atoms. The lowest BCUT2D eigenvalue weighted by molar-refractivity contribution is 0.581. The first-order chi connectivity index (χ1) is 6.52. The second kappa shape index (κ2) is 5.11. The minimum Gasteiger partial charge on any atom is -0.210 e. The lowest BCUT2D eigenvalue weighted by atomic mass is 10.3. The van der Waals surface area contributed by atoms with Gasteiger partial charge in [0, 0.05) is 11.9 Å². The first-order valence-corrected chi connectivity index (χ1v) is 6.99. The maximum Gasteiger partial charge on any atom is 0.250 e. The van der Waals surface area contributed by atoms with Crippen LogP contribution in [0.3, 0.4) is 0 Å². The number of sulfonamides is 1. The molecule has 1 atom stereocenters. The molecule has 0 aliphatic carbocycles. The van der Waals surface area contributed by atoms with Gasteiger partial charge in [-0.15, -0.1) is 22.9 Å². The summed E-state index contributed by atoms with van der Waals surface area (Å²) < 4.78 is 25.9. The summed E-state index contributed by atoms with van der Waals surface area (Å²) in [5.41, 5.74) is 0. The second-order valence-corrected chi connectivity index (χ2v) is 6.59. The minimum absolute atomic E-state index is 0.0129. The number of nitrogens with one attached hydrogen (secondary N) is 1. The van der Waals surface area contributed by atoms with E-state index in [1.807, 2.05) is 6.92 Å². The Morgan fingerprint density at radius 3 is 2.86 bits per heavy atom. The van der Waals surface area contributed by atoms with Crippen LogP contribution in [0.4, 0.5) is 0 Å². The standard InChI is InChI=1S/C8H12ClNO2S2/c1-7(9)4-5-10-14(11,12)8-3-2-6-13-8/h2-3,6-7,10H,4-5H2,1H3. The summed E-state index contributed by atoms with van der Waals surface area (Å²) in [6.45, 7) is 2.21. The minimum atomic E-state index is -3.30. The van der Waals surface area contributed by atoms with Gasteiger partial charge in [0.25, 0.3) is 0 Å². The van der Waals surface area contributed by atoms with E-state index in [2.05, 4.69) is 4.72 Å². The predicted octanol–water partition coefficient (Wildman–Crippen LogP) is 2.04. The highest BCUT2D eigenvalue weighted by Crippen LogP contribution is 2.15. The van der Waals surface area contributed by atoms with Crippen LogP contribution in [0.15, 0.2) is 21.7 Å². The van der Waals surface area contributed by atoms with Crippen LogP contribution in [0.2, 0.25) is 0 Å². The van der Waals surface area contributed by atoms with E-state index in [4.69, 9.17) is 11.6 Å². The fourth-order valence-electron chi connectivity index (χ4n) is 0.880. The van der Waals surface area contributed by atoms with Crippen LogP contribution in [0.25, 0.3) is 0 Å². The molecular weight excluding hydrogens is 242 g/mol. The van der Waals surface area contributed by atoms with Crippen molar-refractivity contribution in [3.8, 4) is 0 Å². The first kappa shape index (κ1) is 12.0. The summed E-state index contributed by atoms with van der Waals surface area (Å²) in [6, 6.07) is 3.29. The van der Waals surface area contributed by atoms with Crippen molar-refractivity contribution < 1.29 is 8.42 Å². The zero-order chi connectivity index (χ0) is 10.6. The van der Waals surface area contributed by atoms with E-state index in [1.165, 1.54) is 11.3 Å². The van der Waals surface area contributed by atoms with Crippen LogP contribution in [-0.2, 0) is 10.0 Å². The molecule has 3 nitrogen and oxygen atoms in total. The van der Waals surface area contributed by atoms with Gasteiger partial charge in [-0.25, -0.2) is 13.1 Å². The third-order valence-electron chi connectivity index (χ3n) is 1.59. The molecule has 0 aliphatic heterocycles. The Morgan fingerprint density at radius 2 is 2.36 bits per heavy atom. The molecular formula is C8H12ClNO2S2. The molecule has 0 amide bonds. The Labute approximate surface area is 93.1 Å². The summed E-state index contributed by atoms with van der Waals surface area (Å²) in [4.78, 5) is 0. The van der Waals surface area contributed by atoms with Gasteiger partial charge in [-0.05, 0) is 24.8 Å².